The highest BCUT2D eigenvalue weighted by Gasteiger charge is 2.24. The Morgan fingerprint density at radius 2 is 1.85 bits per heavy atom. The summed E-state index contributed by atoms with van der Waals surface area (Å²) in [6.07, 6.45) is 3.28. The molecule has 0 N–H and O–H groups in total. The van der Waals surface area contributed by atoms with Crippen LogP contribution in [0.15, 0.2) is 62.6 Å². The van der Waals surface area contributed by atoms with Gasteiger partial charge >= 0.3 is 5.97 Å². The molecule has 27 heavy (non-hydrogen) atoms. The van der Waals surface area contributed by atoms with Crippen LogP contribution in [0.5, 0.6) is 5.75 Å². The summed E-state index contributed by atoms with van der Waals surface area (Å²) in [6.45, 7) is 4.00. The lowest BCUT2D eigenvalue weighted by Gasteiger charge is -2.09. The zero-order valence-corrected chi connectivity index (χ0v) is 18.3. The molecule has 0 aromatic heterocycles. The number of cyclic esters (lactones) is 1. The molecule has 0 amide bonds. The van der Waals surface area contributed by atoms with Crippen molar-refractivity contribution in [3.63, 3.8) is 0 Å². The van der Waals surface area contributed by atoms with E-state index in [2.05, 4.69) is 43.4 Å². The van der Waals surface area contributed by atoms with Crippen LogP contribution in [0.25, 0.3) is 6.08 Å². The number of hydrogen-bond acceptors (Lipinski definition) is 4. The summed E-state index contributed by atoms with van der Waals surface area (Å²) in [5, 5.41) is 0.767. The molecule has 0 bridgehead atoms. The van der Waals surface area contributed by atoms with Gasteiger partial charge in [-0.1, -0.05) is 35.9 Å². The fourth-order valence-electron chi connectivity index (χ4n) is 2.26. The fraction of sp³-hybridized carbons (Fsp3) is 0.0526. The molecule has 0 atom stereocenters. The minimum Gasteiger partial charge on any atom is -0.487 e. The van der Waals surface area contributed by atoms with Gasteiger partial charge in [-0.05, 0) is 73.8 Å². The summed E-state index contributed by atoms with van der Waals surface area (Å²) in [4.78, 5) is 16.4. The summed E-state index contributed by atoms with van der Waals surface area (Å²) >= 11 is 18.8. The molecular weight excluding hydrogens is 521 g/mol. The van der Waals surface area contributed by atoms with Gasteiger partial charge in [-0.25, -0.2) is 9.79 Å². The number of esters is 1. The molecule has 0 saturated heterocycles. The molecular formula is C19H11Br2Cl2NO3. The minimum atomic E-state index is -0.546. The maximum Gasteiger partial charge on any atom is 0.363 e. The van der Waals surface area contributed by atoms with Crippen molar-refractivity contribution >= 4 is 73.0 Å². The highest BCUT2D eigenvalue weighted by atomic mass is 79.9. The van der Waals surface area contributed by atoms with Crippen molar-refractivity contribution in [2.75, 3.05) is 6.61 Å². The topological polar surface area (TPSA) is 47.9 Å². The van der Waals surface area contributed by atoms with E-state index in [1.54, 1.807) is 30.4 Å². The third-order valence-corrected chi connectivity index (χ3v) is 5.37. The largest absolute Gasteiger partial charge is 0.487 e. The van der Waals surface area contributed by atoms with E-state index in [0.29, 0.717) is 28.0 Å². The van der Waals surface area contributed by atoms with Gasteiger partial charge in [0.15, 0.2) is 5.70 Å². The fourth-order valence-corrected chi connectivity index (χ4v) is 4.01. The second kappa shape index (κ2) is 8.61. The molecule has 8 heteroatoms. The molecule has 0 spiro atoms. The maximum absolute atomic E-state index is 12.2. The first-order valence-corrected chi connectivity index (χ1v) is 9.94. The molecule has 0 aliphatic carbocycles. The molecule has 0 fully saturated rings. The summed E-state index contributed by atoms with van der Waals surface area (Å²) in [6, 6.07) is 8.53. The van der Waals surface area contributed by atoms with Gasteiger partial charge in [0.1, 0.15) is 12.4 Å². The smallest absolute Gasteiger partial charge is 0.363 e. The zero-order valence-electron chi connectivity index (χ0n) is 13.6. The van der Waals surface area contributed by atoms with Crippen LogP contribution in [0, 0.1) is 0 Å². The lowest BCUT2D eigenvalue weighted by atomic mass is 10.2. The van der Waals surface area contributed by atoms with E-state index in [9.17, 15) is 4.79 Å². The number of nitrogens with zero attached hydrogens (tertiary/aromatic N) is 1. The highest BCUT2D eigenvalue weighted by molar-refractivity contribution is 9.11. The molecule has 4 nitrogen and oxygen atoms in total. The molecule has 0 unspecified atom stereocenters. The first-order chi connectivity index (χ1) is 12.9. The number of benzene rings is 2. The molecule has 2 aromatic carbocycles. The van der Waals surface area contributed by atoms with Crippen LogP contribution < -0.4 is 4.74 Å². The predicted molar refractivity (Wildman–Crippen MR) is 115 cm³/mol. The molecule has 0 saturated carbocycles. The predicted octanol–water partition coefficient (Wildman–Crippen LogP) is 6.43. The monoisotopic (exact) mass is 529 g/mol. The van der Waals surface area contributed by atoms with Gasteiger partial charge < -0.3 is 9.47 Å². The molecule has 138 valence electrons. The number of carbonyl (C=O) groups is 1. The molecule has 1 heterocycles. The Morgan fingerprint density at radius 3 is 2.48 bits per heavy atom. The Kier molecular flexibility index (Phi) is 6.42. The summed E-state index contributed by atoms with van der Waals surface area (Å²) < 4.78 is 12.3. The van der Waals surface area contributed by atoms with Gasteiger partial charge in [0.25, 0.3) is 0 Å². The number of ether oxygens (including phenoxy) is 2. The van der Waals surface area contributed by atoms with E-state index >= 15 is 0 Å². The number of rotatable bonds is 5. The SMILES string of the molecule is C=CCOc1c(Br)cc(/C=C2\N=C(c3ccc(Cl)c(Cl)c3)OC2=O)cc1Br. The Balaban J connectivity index is 1.92. The van der Waals surface area contributed by atoms with E-state index in [-0.39, 0.29) is 11.6 Å². The lowest BCUT2D eigenvalue weighted by Crippen LogP contribution is -2.05. The normalized spacial score (nSPS) is 14.9. The third kappa shape index (κ3) is 4.63. The van der Waals surface area contributed by atoms with E-state index in [4.69, 9.17) is 32.7 Å². The van der Waals surface area contributed by atoms with Crippen LogP contribution in [-0.2, 0) is 9.53 Å². The number of aliphatic imine (C=N–C) groups is 1. The number of halogens is 4. The second-order valence-corrected chi connectivity index (χ2v) is 7.90. The van der Waals surface area contributed by atoms with Crippen LogP contribution >= 0.6 is 55.1 Å². The second-order valence-electron chi connectivity index (χ2n) is 5.38. The molecule has 1 aliphatic heterocycles. The Labute approximate surface area is 182 Å². The van der Waals surface area contributed by atoms with Gasteiger partial charge in [0.05, 0.1) is 19.0 Å². The zero-order chi connectivity index (χ0) is 19.6. The molecule has 1 aliphatic rings. The molecule has 2 aromatic rings. The van der Waals surface area contributed by atoms with Crippen molar-refractivity contribution < 1.29 is 14.3 Å². The van der Waals surface area contributed by atoms with Crippen LogP contribution in [0.2, 0.25) is 10.0 Å². The summed E-state index contributed by atoms with van der Waals surface area (Å²) in [5.41, 5.74) is 1.48. The van der Waals surface area contributed by atoms with E-state index in [1.807, 2.05) is 12.1 Å². The molecule has 0 radical (unpaired) electrons. The van der Waals surface area contributed by atoms with Crippen molar-refractivity contribution in [3.8, 4) is 5.75 Å². The van der Waals surface area contributed by atoms with Crippen LogP contribution in [0.3, 0.4) is 0 Å². The average Bonchev–Trinajstić information content (AvgIpc) is 2.97. The average molecular weight is 532 g/mol. The van der Waals surface area contributed by atoms with E-state index in [0.717, 1.165) is 14.5 Å². The van der Waals surface area contributed by atoms with Crippen LogP contribution in [-0.4, -0.2) is 18.5 Å². The van der Waals surface area contributed by atoms with E-state index in [1.165, 1.54) is 0 Å². The van der Waals surface area contributed by atoms with Gasteiger partial charge in [-0.15, -0.1) is 0 Å². The summed E-state index contributed by atoms with van der Waals surface area (Å²) in [7, 11) is 0. The van der Waals surface area contributed by atoms with Crippen molar-refractivity contribution in [1.82, 2.24) is 0 Å². The third-order valence-electron chi connectivity index (χ3n) is 3.46. The Hall–Kier alpha value is -1.60. The Bertz CT molecular complexity index is 979. The standard InChI is InChI=1S/C19H11Br2Cl2NO3/c1-2-5-26-17-12(20)6-10(7-13(17)21)8-16-19(25)27-18(24-16)11-3-4-14(22)15(23)9-11/h2-4,6-9H,1,5H2/b16-8-. The minimum absolute atomic E-state index is 0.175. The van der Waals surface area contributed by atoms with Gasteiger partial charge in [0, 0.05) is 5.56 Å². The van der Waals surface area contributed by atoms with Gasteiger partial charge in [-0.2, -0.15) is 0 Å². The van der Waals surface area contributed by atoms with Gasteiger partial charge in [-0.3, -0.25) is 0 Å². The number of hydrogen-bond donors (Lipinski definition) is 0. The van der Waals surface area contributed by atoms with Crippen molar-refractivity contribution in [2.45, 2.75) is 0 Å². The van der Waals surface area contributed by atoms with Crippen LogP contribution in [0.1, 0.15) is 11.1 Å². The summed E-state index contributed by atoms with van der Waals surface area (Å²) in [5.74, 6) is 0.273. The molecule has 3 rings (SSSR count). The van der Waals surface area contributed by atoms with Crippen molar-refractivity contribution in [1.29, 1.82) is 0 Å². The van der Waals surface area contributed by atoms with Gasteiger partial charge in [0.2, 0.25) is 5.90 Å². The van der Waals surface area contributed by atoms with Crippen LogP contribution in [0.4, 0.5) is 0 Å². The first-order valence-electron chi connectivity index (χ1n) is 7.59. The maximum atomic E-state index is 12.2. The number of carbonyl (C=O) groups excluding carboxylic acids is 1. The highest BCUT2D eigenvalue weighted by Crippen LogP contribution is 2.36. The lowest BCUT2D eigenvalue weighted by molar-refractivity contribution is -0.129. The van der Waals surface area contributed by atoms with Crippen molar-refractivity contribution in [3.05, 3.63) is 78.8 Å². The first kappa shape index (κ1) is 20.1. The Morgan fingerprint density at radius 1 is 1.15 bits per heavy atom. The van der Waals surface area contributed by atoms with E-state index < -0.39 is 5.97 Å². The quantitative estimate of drug-likeness (QED) is 0.254. The van der Waals surface area contributed by atoms with Crippen molar-refractivity contribution in [2.24, 2.45) is 4.99 Å².